The zero-order valence-electron chi connectivity index (χ0n) is 10.7. The van der Waals surface area contributed by atoms with Crippen LogP contribution in [0.5, 0.6) is 5.75 Å². The van der Waals surface area contributed by atoms with Gasteiger partial charge in [0.1, 0.15) is 11.4 Å². The summed E-state index contributed by atoms with van der Waals surface area (Å²) in [6.45, 7) is 1.72. The number of aromatic amines is 2. The lowest BCUT2D eigenvalue weighted by Crippen LogP contribution is -1.96. The van der Waals surface area contributed by atoms with Crippen molar-refractivity contribution in [3.63, 3.8) is 0 Å². The Kier molecular flexibility index (Phi) is 2.83. The molecule has 0 fully saturated rings. The zero-order valence-corrected chi connectivity index (χ0v) is 10.7. The molecule has 2 aromatic carbocycles. The molecule has 6 heteroatoms. The van der Waals surface area contributed by atoms with Gasteiger partial charge in [0, 0.05) is 5.39 Å². The highest BCUT2D eigenvalue weighted by atomic mass is 16.3. The Morgan fingerprint density at radius 3 is 2.50 bits per heavy atom. The summed E-state index contributed by atoms with van der Waals surface area (Å²) in [4.78, 5) is 11.5. The molecule has 0 atom stereocenters. The molecule has 0 amide bonds. The minimum atomic E-state index is -0.342. The summed E-state index contributed by atoms with van der Waals surface area (Å²) in [6.07, 6.45) is 0. The quantitative estimate of drug-likeness (QED) is 0.622. The molecule has 0 saturated carbocycles. The van der Waals surface area contributed by atoms with E-state index in [4.69, 9.17) is 0 Å². The van der Waals surface area contributed by atoms with Gasteiger partial charge in [-0.1, -0.05) is 30.3 Å². The minimum absolute atomic E-state index is 0.0251. The van der Waals surface area contributed by atoms with Crippen molar-refractivity contribution in [1.82, 2.24) is 10.2 Å². The van der Waals surface area contributed by atoms with Gasteiger partial charge in [0.15, 0.2) is 5.69 Å². The molecule has 3 rings (SSSR count). The maximum absolute atomic E-state index is 11.5. The van der Waals surface area contributed by atoms with Crippen LogP contribution in [0.2, 0.25) is 0 Å². The molecule has 0 radical (unpaired) electrons. The van der Waals surface area contributed by atoms with Gasteiger partial charge < -0.3 is 10.2 Å². The van der Waals surface area contributed by atoms with Crippen LogP contribution < -0.4 is 5.56 Å². The maximum atomic E-state index is 11.5. The van der Waals surface area contributed by atoms with E-state index in [1.807, 2.05) is 24.3 Å². The number of benzene rings is 2. The maximum Gasteiger partial charge on any atom is 0.291 e. The SMILES string of the molecule is Cc1[nH][nH]c(=O)c1N=Nc1c(O)ccc2ccccc12. The van der Waals surface area contributed by atoms with Crippen LogP contribution in [-0.4, -0.2) is 15.3 Å². The van der Waals surface area contributed by atoms with E-state index >= 15 is 0 Å². The van der Waals surface area contributed by atoms with Gasteiger partial charge in [0.2, 0.25) is 0 Å². The first-order valence-electron chi connectivity index (χ1n) is 6.06. The number of azo groups is 1. The van der Waals surface area contributed by atoms with Gasteiger partial charge in [-0.3, -0.25) is 9.89 Å². The Labute approximate surface area is 113 Å². The summed E-state index contributed by atoms with van der Waals surface area (Å²) in [6, 6.07) is 10.9. The Morgan fingerprint density at radius 2 is 1.75 bits per heavy atom. The van der Waals surface area contributed by atoms with Gasteiger partial charge >= 0.3 is 0 Å². The van der Waals surface area contributed by atoms with Gasteiger partial charge in [-0.2, -0.15) is 0 Å². The van der Waals surface area contributed by atoms with Gasteiger partial charge in [0.05, 0.1) is 5.69 Å². The number of phenols is 1. The third-order valence-corrected chi connectivity index (χ3v) is 3.06. The fourth-order valence-electron chi connectivity index (χ4n) is 2.01. The lowest BCUT2D eigenvalue weighted by atomic mass is 10.1. The fourth-order valence-corrected chi connectivity index (χ4v) is 2.01. The van der Waals surface area contributed by atoms with Crippen LogP contribution in [0, 0.1) is 6.92 Å². The summed E-state index contributed by atoms with van der Waals surface area (Å²) in [7, 11) is 0. The molecule has 3 aromatic rings. The van der Waals surface area contributed by atoms with E-state index in [9.17, 15) is 9.90 Å². The number of hydrogen-bond donors (Lipinski definition) is 3. The second-order valence-corrected chi connectivity index (χ2v) is 4.41. The molecule has 0 aliphatic carbocycles. The van der Waals surface area contributed by atoms with Gasteiger partial charge in [-0.25, -0.2) is 0 Å². The number of hydrogen-bond acceptors (Lipinski definition) is 4. The molecule has 0 spiro atoms. The molecular weight excluding hydrogens is 256 g/mol. The molecule has 100 valence electrons. The van der Waals surface area contributed by atoms with Crippen molar-refractivity contribution in [3.8, 4) is 5.75 Å². The second-order valence-electron chi connectivity index (χ2n) is 4.41. The van der Waals surface area contributed by atoms with E-state index in [0.717, 1.165) is 10.8 Å². The zero-order chi connectivity index (χ0) is 14.1. The van der Waals surface area contributed by atoms with Crippen LogP contribution in [0.4, 0.5) is 11.4 Å². The normalized spacial score (nSPS) is 11.4. The summed E-state index contributed by atoms with van der Waals surface area (Å²) >= 11 is 0. The van der Waals surface area contributed by atoms with Gasteiger partial charge in [0.25, 0.3) is 5.56 Å². The van der Waals surface area contributed by atoms with E-state index in [1.54, 1.807) is 19.1 Å². The lowest BCUT2D eigenvalue weighted by Gasteiger charge is -2.03. The number of nitrogens with zero attached hydrogens (tertiary/aromatic N) is 2. The number of rotatable bonds is 2. The first-order chi connectivity index (χ1) is 9.66. The molecular formula is C14H12N4O2. The van der Waals surface area contributed by atoms with E-state index in [2.05, 4.69) is 20.4 Å². The largest absolute Gasteiger partial charge is 0.506 e. The molecule has 0 aliphatic rings. The van der Waals surface area contributed by atoms with Gasteiger partial charge in [-0.15, -0.1) is 10.2 Å². The molecule has 3 N–H and O–H groups in total. The first-order valence-corrected chi connectivity index (χ1v) is 6.06. The Morgan fingerprint density at radius 1 is 1.00 bits per heavy atom. The van der Waals surface area contributed by atoms with Crippen LogP contribution in [0.1, 0.15) is 5.69 Å². The van der Waals surface area contributed by atoms with Crippen molar-refractivity contribution >= 4 is 22.1 Å². The molecule has 1 aromatic heterocycles. The standard InChI is InChI=1S/C14H12N4O2/c1-8-12(14(20)18-15-8)16-17-13-10-5-3-2-4-9(10)6-7-11(13)19/h2-7,19H,1H3,(H2,15,18,20). The molecule has 6 nitrogen and oxygen atoms in total. The number of fused-ring (bicyclic) bond motifs is 1. The topological polar surface area (TPSA) is 93.6 Å². The van der Waals surface area contributed by atoms with E-state index in [-0.39, 0.29) is 17.0 Å². The summed E-state index contributed by atoms with van der Waals surface area (Å²) in [5, 5.41) is 24.7. The minimum Gasteiger partial charge on any atom is -0.506 e. The number of phenolic OH excluding ortho intramolecular Hbond substituents is 1. The van der Waals surface area contributed by atoms with Crippen LogP contribution in [0.25, 0.3) is 10.8 Å². The van der Waals surface area contributed by atoms with E-state index in [0.29, 0.717) is 11.4 Å². The molecule has 1 heterocycles. The monoisotopic (exact) mass is 268 g/mol. The highest BCUT2D eigenvalue weighted by Crippen LogP contribution is 2.35. The number of aromatic hydroxyl groups is 1. The Bertz CT molecular complexity index is 861. The summed E-state index contributed by atoms with van der Waals surface area (Å²) in [5.41, 5.74) is 0.810. The van der Waals surface area contributed by atoms with Crippen molar-refractivity contribution in [2.75, 3.05) is 0 Å². The predicted octanol–water partition coefficient (Wildman–Crippen LogP) is 3.29. The van der Waals surface area contributed by atoms with Crippen molar-refractivity contribution < 1.29 is 5.11 Å². The summed E-state index contributed by atoms with van der Waals surface area (Å²) in [5.74, 6) is 0.0251. The van der Waals surface area contributed by atoms with Crippen LogP contribution in [-0.2, 0) is 0 Å². The third kappa shape index (κ3) is 1.97. The van der Waals surface area contributed by atoms with Crippen LogP contribution in [0.15, 0.2) is 51.4 Å². The number of nitrogens with one attached hydrogen (secondary N) is 2. The molecule has 0 unspecified atom stereocenters. The molecule has 0 aliphatic heterocycles. The lowest BCUT2D eigenvalue weighted by molar-refractivity contribution is 0.477. The summed E-state index contributed by atoms with van der Waals surface area (Å²) < 4.78 is 0. The van der Waals surface area contributed by atoms with Crippen molar-refractivity contribution in [2.45, 2.75) is 6.92 Å². The first kappa shape index (κ1) is 12.2. The highest BCUT2D eigenvalue weighted by Gasteiger charge is 2.08. The average Bonchev–Trinajstić information content (AvgIpc) is 2.77. The number of aromatic nitrogens is 2. The number of H-pyrrole nitrogens is 2. The molecule has 0 saturated heterocycles. The fraction of sp³-hybridized carbons (Fsp3) is 0.0714. The van der Waals surface area contributed by atoms with Gasteiger partial charge in [-0.05, 0) is 18.4 Å². The third-order valence-electron chi connectivity index (χ3n) is 3.06. The van der Waals surface area contributed by atoms with E-state index in [1.165, 1.54) is 0 Å². The van der Waals surface area contributed by atoms with Crippen molar-refractivity contribution in [2.24, 2.45) is 10.2 Å². The Hall–Kier alpha value is -2.89. The van der Waals surface area contributed by atoms with Crippen LogP contribution >= 0.6 is 0 Å². The molecule has 0 bridgehead atoms. The second kappa shape index (κ2) is 4.65. The molecule has 20 heavy (non-hydrogen) atoms. The Balaban J connectivity index is 2.16. The van der Waals surface area contributed by atoms with Crippen LogP contribution in [0.3, 0.4) is 0 Å². The van der Waals surface area contributed by atoms with Crippen molar-refractivity contribution in [3.05, 3.63) is 52.4 Å². The highest BCUT2D eigenvalue weighted by molar-refractivity contribution is 5.95. The predicted molar refractivity (Wildman–Crippen MR) is 75.9 cm³/mol. The average molecular weight is 268 g/mol. The smallest absolute Gasteiger partial charge is 0.291 e. The van der Waals surface area contributed by atoms with E-state index < -0.39 is 0 Å². The van der Waals surface area contributed by atoms with Crippen molar-refractivity contribution in [1.29, 1.82) is 0 Å². The number of aryl methyl sites for hydroxylation is 1.